The summed E-state index contributed by atoms with van der Waals surface area (Å²) in [5.74, 6) is -0.620. The second kappa shape index (κ2) is 7.89. The number of para-hydroxylation sites is 1. The Kier molecular flexibility index (Phi) is 5.19. The zero-order valence-corrected chi connectivity index (χ0v) is 13.9. The summed E-state index contributed by atoms with van der Waals surface area (Å²) in [6.45, 7) is 1.83. The van der Waals surface area contributed by atoms with E-state index in [-0.39, 0.29) is 11.7 Å². The molecule has 0 fully saturated rings. The van der Waals surface area contributed by atoms with Gasteiger partial charge in [0.25, 0.3) is 5.91 Å². The molecule has 1 aromatic carbocycles. The number of nitrogens with zero attached hydrogens (tertiary/aromatic N) is 2. The molecule has 1 amide bonds. The number of hydrogen-bond acceptors (Lipinski definition) is 6. The van der Waals surface area contributed by atoms with Gasteiger partial charge in [0.1, 0.15) is 5.75 Å². The molecule has 0 spiro atoms. The Morgan fingerprint density at radius 2 is 2.00 bits per heavy atom. The third-order valence-electron chi connectivity index (χ3n) is 3.39. The Balaban J connectivity index is 1.67. The lowest BCUT2D eigenvalue weighted by Gasteiger charge is -2.05. The van der Waals surface area contributed by atoms with E-state index in [1.54, 1.807) is 42.5 Å². The van der Waals surface area contributed by atoms with Crippen LogP contribution in [0.2, 0.25) is 0 Å². The molecule has 0 saturated heterocycles. The third-order valence-corrected chi connectivity index (χ3v) is 3.39. The molecular weight excluding hydrogens is 334 g/mol. The number of benzene rings is 1. The fourth-order valence-electron chi connectivity index (χ4n) is 2.05. The molecule has 26 heavy (non-hydrogen) atoms. The lowest BCUT2D eigenvalue weighted by atomic mass is 10.2. The van der Waals surface area contributed by atoms with E-state index in [9.17, 15) is 9.59 Å². The maximum Gasteiger partial charge on any atom is 0.379 e. The summed E-state index contributed by atoms with van der Waals surface area (Å²) in [6, 6.07) is 13.3. The first-order chi connectivity index (χ1) is 12.6. The molecule has 0 radical (unpaired) electrons. The molecule has 3 rings (SSSR count). The Morgan fingerprint density at radius 1 is 1.15 bits per heavy atom. The SMILES string of the molecule is Cc1ccc(C(=O)N/N=C\c2ccccc2OC(=O)c2ccco2)cn1. The van der Waals surface area contributed by atoms with Gasteiger partial charge >= 0.3 is 5.97 Å². The van der Waals surface area contributed by atoms with Crippen molar-refractivity contribution in [2.45, 2.75) is 6.92 Å². The maximum atomic E-state index is 12.0. The van der Waals surface area contributed by atoms with Crippen LogP contribution in [-0.4, -0.2) is 23.1 Å². The zero-order valence-electron chi connectivity index (χ0n) is 13.9. The first-order valence-corrected chi connectivity index (χ1v) is 7.74. The quantitative estimate of drug-likeness (QED) is 0.331. The second-order valence-electron chi connectivity index (χ2n) is 5.29. The number of aromatic nitrogens is 1. The zero-order chi connectivity index (χ0) is 18.4. The highest BCUT2D eigenvalue weighted by atomic mass is 16.5. The molecule has 0 saturated carbocycles. The summed E-state index contributed by atoms with van der Waals surface area (Å²) in [5.41, 5.74) is 4.14. The smallest absolute Gasteiger partial charge is 0.379 e. The molecule has 2 heterocycles. The van der Waals surface area contributed by atoms with E-state index in [1.807, 2.05) is 6.92 Å². The van der Waals surface area contributed by atoms with Crippen LogP contribution < -0.4 is 10.2 Å². The number of amides is 1. The van der Waals surface area contributed by atoms with Gasteiger partial charge in [-0.3, -0.25) is 9.78 Å². The highest BCUT2D eigenvalue weighted by Gasteiger charge is 2.13. The molecular formula is C19H15N3O4. The number of nitrogens with one attached hydrogen (secondary N) is 1. The molecule has 7 nitrogen and oxygen atoms in total. The van der Waals surface area contributed by atoms with Gasteiger partial charge in [-0.15, -0.1) is 0 Å². The molecule has 0 aliphatic heterocycles. The van der Waals surface area contributed by atoms with Gasteiger partial charge in [-0.2, -0.15) is 5.10 Å². The minimum atomic E-state index is -0.620. The van der Waals surface area contributed by atoms with Crippen LogP contribution in [0.3, 0.4) is 0 Å². The molecule has 0 aliphatic rings. The Morgan fingerprint density at radius 3 is 2.73 bits per heavy atom. The molecule has 1 N–H and O–H groups in total. The van der Waals surface area contributed by atoms with Gasteiger partial charge in [0.2, 0.25) is 5.76 Å². The molecule has 0 aliphatic carbocycles. The minimum Gasteiger partial charge on any atom is -0.457 e. The predicted molar refractivity (Wildman–Crippen MR) is 94.1 cm³/mol. The van der Waals surface area contributed by atoms with Crippen molar-refractivity contribution < 1.29 is 18.7 Å². The van der Waals surface area contributed by atoms with E-state index in [0.29, 0.717) is 16.9 Å². The number of rotatable bonds is 5. The van der Waals surface area contributed by atoms with E-state index < -0.39 is 5.97 Å². The van der Waals surface area contributed by atoms with Crippen molar-refractivity contribution in [3.63, 3.8) is 0 Å². The number of carbonyl (C=O) groups excluding carboxylic acids is 2. The van der Waals surface area contributed by atoms with Crippen molar-refractivity contribution in [1.82, 2.24) is 10.4 Å². The summed E-state index contributed by atoms with van der Waals surface area (Å²) in [7, 11) is 0. The molecule has 3 aromatic rings. The van der Waals surface area contributed by atoms with Crippen LogP contribution in [0.25, 0.3) is 0 Å². The lowest BCUT2D eigenvalue weighted by Crippen LogP contribution is -2.18. The average molecular weight is 349 g/mol. The van der Waals surface area contributed by atoms with Crippen LogP contribution in [0.15, 0.2) is 70.5 Å². The number of hydrazone groups is 1. The summed E-state index contributed by atoms with van der Waals surface area (Å²) in [5, 5.41) is 3.90. The first kappa shape index (κ1) is 17.1. The lowest BCUT2D eigenvalue weighted by molar-refractivity contribution is 0.0701. The van der Waals surface area contributed by atoms with Crippen molar-refractivity contribution in [3.8, 4) is 5.75 Å². The van der Waals surface area contributed by atoms with Crippen molar-refractivity contribution in [1.29, 1.82) is 0 Å². The Hall–Kier alpha value is -3.74. The predicted octanol–water partition coefficient (Wildman–Crippen LogP) is 2.97. The minimum absolute atomic E-state index is 0.0944. The number of hydrogen-bond donors (Lipinski definition) is 1. The summed E-state index contributed by atoms with van der Waals surface area (Å²) >= 11 is 0. The first-order valence-electron chi connectivity index (χ1n) is 7.74. The molecule has 0 atom stereocenters. The van der Waals surface area contributed by atoms with E-state index >= 15 is 0 Å². The monoisotopic (exact) mass is 349 g/mol. The maximum absolute atomic E-state index is 12.0. The number of pyridine rings is 1. The normalized spacial score (nSPS) is 10.7. The summed E-state index contributed by atoms with van der Waals surface area (Å²) < 4.78 is 10.3. The van der Waals surface area contributed by atoms with Crippen molar-refractivity contribution in [2.75, 3.05) is 0 Å². The second-order valence-corrected chi connectivity index (χ2v) is 5.29. The number of carbonyl (C=O) groups is 2. The molecule has 130 valence electrons. The molecule has 7 heteroatoms. The fourth-order valence-corrected chi connectivity index (χ4v) is 2.05. The van der Waals surface area contributed by atoms with E-state index in [2.05, 4.69) is 15.5 Å². The van der Waals surface area contributed by atoms with Crippen LogP contribution in [0, 0.1) is 6.92 Å². The number of furan rings is 1. The Labute approximate surface area is 149 Å². The van der Waals surface area contributed by atoms with Crippen LogP contribution in [0.1, 0.15) is 32.2 Å². The molecule has 0 unspecified atom stereocenters. The van der Waals surface area contributed by atoms with Crippen molar-refractivity contribution >= 4 is 18.1 Å². The summed E-state index contributed by atoms with van der Waals surface area (Å²) in [6.07, 6.45) is 4.25. The van der Waals surface area contributed by atoms with Crippen LogP contribution in [-0.2, 0) is 0 Å². The number of ether oxygens (including phenoxy) is 1. The summed E-state index contributed by atoms with van der Waals surface area (Å²) in [4.78, 5) is 28.0. The van der Waals surface area contributed by atoms with E-state index in [4.69, 9.17) is 9.15 Å². The van der Waals surface area contributed by atoms with Crippen LogP contribution in [0.5, 0.6) is 5.75 Å². The molecule has 2 aromatic heterocycles. The standard InChI is InChI=1S/C19H15N3O4/c1-13-8-9-15(11-20-13)18(23)22-21-12-14-5-2-3-6-16(14)26-19(24)17-7-4-10-25-17/h2-12H,1H3,(H,22,23)/b21-12-. The van der Waals surface area contributed by atoms with Gasteiger partial charge in [0.15, 0.2) is 0 Å². The van der Waals surface area contributed by atoms with Crippen molar-refractivity contribution in [2.24, 2.45) is 5.10 Å². The highest BCUT2D eigenvalue weighted by Crippen LogP contribution is 2.17. The number of esters is 1. The third kappa shape index (κ3) is 4.21. The largest absolute Gasteiger partial charge is 0.457 e. The fraction of sp³-hybridized carbons (Fsp3) is 0.0526. The topological polar surface area (TPSA) is 93.8 Å². The highest BCUT2D eigenvalue weighted by molar-refractivity contribution is 5.95. The Bertz CT molecular complexity index is 932. The average Bonchev–Trinajstić information content (AvgIpc) is 3.18. The van der Waals surface area contributed by atoms with Gasteiger partial charge in [0.05, 0.1) is 18.0 Å². The van der Waals surface area contributed by atoms with Crippen molar-refractivity contribution in [3.05, 3.63) is 83.6 Å². The van der Waals surface area contributed by atoms with Gasteiger partial charge in [0, 0.05) is 17.5 Å². The van der Waals surface area contributed by atoms with Gasteiger partial charge in [-0.25, -0.2) is 10.2 Å². The van der Waals surface area contributed by atoms with E-state index in [0.717, 1.165) is 5.69 Å². The van der Waals surface area contributed by atoms with Gasteiger partial charge < -0.3 is 9.15 Å². The van der Waals surface area contributed by atoms with Crippen LogP contribution >= 0.6 is 0 Å². The molecule has 0 bridgehead atoms. The van der Waals surface area contributed by atoms with Gasteiger partial charge in [-0.1, -0.05) is 12.1 Å². The number of aryl methyl sites for hydroxylation is 1. The van der Waals surface area contributed by atoms with E-state index in [1.165, 1.54) is 24.7 Å². The van der Waals surface area contributed by atoms with Crippen LogP contribution in [0.4, 0.5) is 0 Å². The van der Waals surface area contributed by atoms with Gasteiger partial charge in [-0.05, 0) is 43.3 Å².